The molecule has 0 aliphatic rings. The number of pyridine rings is 1. The SMILES string of the molecule is NCc1nc(-c2ccccn2)c(Cl)[nH]1. The van der Waals surface area contributed by atoms with E-state index in [0.717, 1.165) is 5.69 Å². The summed E-state index contributed by atoms with van der Waals surface area (Å²) in [6.45, 7) is 0.340. The van der Waals surface area contributed by atoms with Crippen LogP contribution in [0.3, 0.4) is 0 Å². The molecule has 3 N–H and O–H groups in total. The summed E-state index contributed by atoms with van der Waals surface area (Å²) in [7, 11) is 0. The van der Waals surface area contributed by atoms with Gasteiger partial charge < -0.3 is 10.7 Å². The molecule has 0 amide bonds. The average Bonchev–Trinajstić information content (AvgIpc) is 2.61. The molecule has 0 atom stereocenters. The maximum absolute atomic E-state index is 5.94. The first-order chi connectivity index (χ1) is 6.81. The number of aromatic nitrogens is 3. The Hall–Kier alpha value is -1.39. The number of nitrogens with zero attached hydrogens (tertiary/aromatic N) is 2. The lowest BCUT2D eigenvalue weighted by Gasteiger charge is -1.93. The molecule has 0 aliphatic heterocycles. The Morgan fingerprint density at radius 2 is 2.29 bits per heavy atom. The van der Waals surface area contributed by atoms with Crippen LogP contribution in [0.4, 0.5) is 0 Å². The van der Waals surface area contributed by atoms with Crippen molar-refractivity contribution in [2.45, 2.75) is 6.54 Å². The highest BCUT2D eigenvalue weighted by Crippen LogP contribution is 2.22. The van der Waals surface area contributed by atoms with Gasteiger partial charge in [-0.2, -0.15) is 0 Å². The molecule has 72 valence electrons. The van der Waals surface area contributed by atoms with Gasteiger partial charge in [0.05, 0.1) is 12.2 Å². The Kier molecular flexibility index (Phi) is 2.47. The Morgan fingerprint density at radius 1 is 1.43 bits per heavy atom. The van der Waals surface area contributed by atoms with Crippen LogP contribution in [-0.4, -0.2) is 15.0 Å². The second-order valence-electron chi connectivity index (χ2n) is 2.77. The first-order valence-corrected chi connectivity index (χ1v) is 4.55. The van der Waals surface area contributed by atoms with Crippen LogP contribution >= 0.6 is 11.6 Å². The monoisotopic (exact) mass is 208 g/mol. The van der Waals surface area contributed by atoms with Gasteiger partial charge in [0.15, 0.2) is 0 Å². The summed E-state index contributed by atoms with van der Waals surface area (Å²) in [6, 6.07) is 5.58. The van der Waals surface area contributed by atoms with Crippen LogP contribution in [0.2, 0.25) is 5.15 Å². The molecule has 0 spiro atoms. The molecule has 0 bridgehead atoms. The number of rotatable bonds is 2. The standard InChI is InChI=1S/C9H9ClN4/c10-9-8(13-7(5-11)14-9)6-3-1-2-4-12-6/h1-4H,5,11H2,(H,13,14). The predicted octanol–water partition coefficient (Wildman–Crippen LogP) is 1.58. The maximum atomic E-state index is 5.94. The summed E-state index contributed by atoms with van der Waals surface area (Å²) in [6.07, 6.45) is 1.70. The summed E-state index contributed by atoms with van der Waals surface area (Å²) in [4.78, 5) is 11.3. The fourth-order valence-electron chi connectivity index (χ4n) is 1.17. The van der Waals surface area contributed by atoms with Crippen molar-refractivity contribution in [3.63, 3.8) is 0 Å². The van der Waals surface area contributed by atoms with Crippen LogP contribution in [0, 0.1) is 0 Å². The molecule has 0 fully saturated rings. The largest absolute Gasteiger partial charge is 0.331 e. The van der Waals surface area contributed by atoms with Gasteiger partial charge in [0, 0.05) is 6.20 Å². The molecular formula is C9H9ClN4. The van der Waals surface area contributed by atoms with Gasteiger partial charge in [-0.3, -0.25) is 4.98 Å². The molecule has 0 saturated carbocycles. The van der Waals surface area contributed by atoms with Gasteiger partial charge in [0.25, 0.3) is 0 Å². The fraction of sp³-hybridized carbons (Fsp3) is 0.111. The van der Waals surface area contributed by atoms with Crippen LogP contribution in [0.25, 0.3) is 11.4 Å². The smallest absolute Gasteiger partial charge is 0.135 e. The molecule has 5 heteroatoms. The van der Waals surface area contributed by atoms with Crippen LogP contribution in [-0.2, 0) is 6.54 Å². The zero-order chi connectivity index (χ0) is 9.97. The van der Waals surface area contributed by atoms with E-state index >= 15 is 0 Å². The van der Waals surface area contributed by atoms with Crippen LogP contribution in [0.1, 0.15) is 5.82 Å². The zero-order valence-electron chi connectivity index (χ0n) is 7.37. The Labute approximate surface area is 86.1 Å². The van der Waals surface area contributed by atoms with E-state index in [-0.39, 0.29) is 0 Å². The maximum Gasteiger partial charge on any atom is 0.135 e. The molecule has 0 radical (unpaired) electrons. The van der Waals surface area contributed by atoms with Crippen LogP contribution < -0.4 is 5.73 Å². The molecule has 0 saturated heterocycles. The van der Waals surface area contributed by atoms with E-state index in [1.54, 1.807) is 6.20 Å². The van der Waals surface area contributed by atoms with Crippen LogP contribution in [0.5, 0.6) is 0 Å². The highest BCUT2D eigenvalue weighted by molar-refractivity contribution is 6.31. The van der Waals surface area contributed by atoms with Crippen molar-refractivity contribution in [2.75, 3.05) is 0 Å². The van der Waals surface area contributed by atoms with Gasteiger partial charge in [-0.15, -0.1) is 0 Å². The van der Waals surface area contributed by atoms with Gasteiger partial charge in [0.2, 0.25) is 0 Å². The predicted molar refractivity (Wildman–Crippen MR) is 54.7 cm³/mol. The second-order valence-corrected chi connectivity index (χ2v) is 3.14. The van der Waals surface area contributed by atoms with Crippen molar-refractivity contribution >= 4 is 11.6 Å². The number of nitrogens with one attached hydrogen (secondary N) is 1. The van der Waals surface area contributed by atoms with E-state index in [0.29, 0.717) is 23.2 Å². The van der Waals surface area contributed by atoms with Crippen LogP contribution in [0.15, 0.2) is 24.4 Å². The first kappa shape index (κ1) is 9.18. The Bertz CT molecular complexity index is 424. The minimum Gasteiger partial charge on any atom is -0.331 e. The number of hydrogen-bond acceptors (Lipinski definition) is 3. The van der Waals surface area contributed by atoms with Gasteiger partial charge in [0.1, 0.15) is 16.7 Å². The van der Waals surface area contributed by atoms with Crippen molar-refractivity contribution in [3.8, 4) is 11.4 Å². The number of imidazole rings is 1. The number of hydrogen-bond donors (Lipinski definition) is 2. The van der Waals surface area contributed by atoms with Crippen molar-refractivity contribution in [3.05, 3.63) is 35.4 Å². The Morgan fingerprint density at radius 3 is 2.86 bits per heavy atom. The lowest BCUT2D eigenvalue weighted by Crippen LogP contribution is -1.97. The van der Waals surface area contributed by atoms with Crippen molar-refractivity contribution in [1.82, 2.24) is 15.0 Å². The third kappa shape index (κ3) is 1.62. The minimum absolute atomic E-state index is 0.340. The van der Waals surface area contributed by atoms with Gasteiger partial charge in [-0.1, -0.05) is 17.7 Å². The average molecular weight is 209 g/mol. The van der Waals surface area contributed by atoms with Gasteiger partial charge in [-0.05, 0) is 12.1 Å². The van der Waals surface area contributed by atoms with E-state index in [9.17, 15) is 0 Å². The lowest BCUT2D eigenvalue weighted by atomic mass is 10.3. The van der Waals surface area contributed by atoms with E-state index in [2.05, 4.69) is 15.0 Å². The lowest BCUT2D eigenvalue weighted by molar-refractivity contribution is 0.950. The molecule has 0 unspecified atom stereocenters. The number of nitrogens with two attached hydrogens (primary N) is 1. The van der Waals surface area contributed by atoms with E-state index < -0.39 is 0 Å². The zero-order valence-corrected chi connectivity index (χ0v) is 8.12. The van der Waals surface area contributed by atoms with E-state index in [1.807, 2.05) is 18.2 Å². The number of aromatic amines is 1. The summed E-state index contributed by atoms with van der Waals surface area (Å²) in [5.74, 6) is 0.663. The minimum atomic E-state index is 0.340. The quantitative estimate of drug-likeness (QED) is 0.788. The Balaban J connectivity index is 2.46. The molecule has 2 heterocycles. The van der Waals surface area contributed by atoms with E-state index in [1.165, 1.54) is 0 Å². The number of H-pyrrole nitrogens is 1. The summed E-state index contributed by atoms with van der Waals surface area (Å²) in [5, 5.41) is 0.476. The first-order valence-electron chi connectivity index (χ1n) is 4.17. The third-order valence-electron chi connectivity index (χ3n) is 1.81. The molecular weight excluding hydrogens is 200 g/mol. The molecule has 0 aromatic carbocycles. The van der Waals surface area contributed by atoms with Gasteiger partial charge in [-0.25, -0.2) is 4.98 Å². The fourth-order valence-corrected chi connectivity index (χ4v) is 1.42. The van der Waals surface area contributed by atoms with E-state index in [4.69, 9.17) is 17.3 Å². The molecule has 2 aromatic heterocycles. The second kappa shape index (κ2) is 3.77. The highest BCUT2D eigenvalue weighted by atomic mass is 35.5. The normalized spacial score (nSPS) is 10.4. The van der Waals surface area contributed by atoms with Crippen molar-refractivity contribution in [2.24, 2.45) is 5.73 Å². The molecule has 4 nitrogen and oxygen atoms in total. The summed E-state index contributed by atoms with van der Waals surface area (Å²) < 4.78 is 0. The summed E-state index contributed by atoms with van der Waals surface area (Å²) >= 11 is 5.94. The third-order valence-corrected chi connectivity index (χ3v) is 2.08. The number of halogens is 1. The van der Waals surface area contributed by atoms with Crippen molar-refractivity contribution < 1.29 is 0 Å². The molecule has 2 aromatic rings. The molecule has 14 heavy (non-hydrogen) atoms. The molecule has 0 aliphatic carbocycles. The highest BCUT2D eigenvalue weighted by Gasteiger charge is 2.09. The topological polar surface area (TPSA) is 67.6 Å². The van der Waals surface area contributed by atoms with Crippen molar-refractivity contribution in [1.29, 1.82) is 0 Å². The summed E-state index contributed by atoms with van der Waals surface area (Å²) in [5.41, 5.74) is 6.83. The van der Waals surface area contributed by atoms with Gasteiger partial charge >= 0.3 is 0 Å². The molecule has 2 rings (SSSR count).